The molecule has 3 nitrogen and oxygen atoms in total. The molecular formula is C22H23N3. The van der Waals surface area contributed by atoms with Crippen LogP contribution in [0.5, 0.6) is 0 Å². The zero-order valence-corrected chi connectivity index (χ0v) is 14.8. The predicted molar refractivity (Wildman–Crippen MR) is 103 cm³/mol. The van der Waals surface area contributed by atoms with Crippen LogP contribution in [0.1, 0.15) is 47.0 Å². The Morgan fingerprint density at radius 3 is 2.92 bits per heavy atom. The van der Waals surface area contributed by atoms with Crippen molar-refractivity contribution < 1.29 is 0 Å². The Balaban J connectivity index is 1.67. The lowest BCUT2D eigenvalue weighted by Gasteiger charge is -2.23. The highest BCUT2D eigenvalue weighted by Crippen LogP contribution is 2.42. The van der Waals surface area contributed by atoms with Gasteiger partial charge in [-0.05, 0) is 62.1 Å². The van der Waals surface area contributed by atoms with Crippen molar-refractivity contribution in [1.82, 2.24) is 14.9 Å². The second kappa shape index (κ2) is 5.57. The lowest BCUT2D eigenvalue weighted by atomic mass is 9.98. The number of hydrogen-bond donors (Lipinski definition) is 1. The van der Waals surface area contributed by atoms with E-state index in [0.29, 0.717) is 12.1 Å². The van der Waals surface area contributed by atoms with E-state index in [1.54, 1.807) is 0 Å². The van der Waals surface area contributed by atoms with E-state index < -0.39 is 0 Å². The highest BCUT2D eigenvalue weighted by molar-refractivity contribution is 5.90. The normalized spacial score (nSPS) is 22.0. The van der Waals surface area contributed by atoms with Gasteiger partial charge in [0.15, 0.2) is 0 Å². The van der Waals surface area contributed by atoms with Crippen molar-refractivity contribution >= 4 is 23.2 Å². The van der Waals surface area contributed by atoms with Crippen molar-refractivity contribution in [3.8, 4) is 0 Å². The van der Waals surface area contributed by atoms with Crippen LogP contribution in [0.15, 0.2) is 36.5 Å². The van der Waals surface area contributed by atoms with Gasteiger partial charge in [-0.1, -0.05) is 17.7 Å². The molecule has 0 aliphatic carbocycles. The van der Waals surface area contributed by atoms with E-state index in [1.807, 2.05) is 13.1 Å². The molecule has 126 valence electrons. The van der Waals surface area contributed by atoms with Crippen LogP contribution in [0.4, 0.5) is 0 Å². The summed E-state index contributed by atoms with van der Waals surface area (Å²) in [5.74, 6) is 0. The Hall–Kier alpha value is -2.39. The minimum atomic E-state index is 0.522. The maximum atomic E-state index is 4.40. The van der Waals surface area contributed by atoms with Crippen molar-refractivity contribution in [2.24, 2.45) is 0 Å². The van der Waals surface area contributed by atoms with Gasteiger partial charge in [-0.25, -0.2) is 0 Å². The number of aromatic nitrogens is 2. The molecule has 0 spiro atoms. The summed E-state index contributed by atoms with van der Waals surface area (Å²) in [6, 6.07) is 12.2. The maximum absolute atomic E-state index is 4.40. The smallest absolute Gasteiger partial charge is 0.0529 e. The number of pyridine rings is 1. The molecule has 25 heavy (non-hydrogen) atoms. The van der Waals surface area contributed by atoms with Crippen LogP contribution in [0, 0.1) is 13.8 Å². The van der Waals surface area contributed by atoms with E-state index in [4.69, 9.17) is 0 Å². The lowest BCUT2D eigenvalue weighted by molar-refractivity contribution is 0.509. The van der Waals surface area contributed by atoms with Gasteiger partial charge in [0.25, 0.3) is 0 Å². The molecule has 1 saturated heterocycles. The molecule has 3 heteroatoms. The number of fused-ring (bicyclic) bond motifs is 6. The second-order valence-corrected chi connectivity index (χ2v) is 7.50. The van der Waals surface area contributed by atoms with Crippen LogP contribution in [0.25, 0.3) is 23.2 Å². The summed E-state index contributed by atoms with van der Waals surface area (Å²) in [5.41, 5.74) is 7.87. The Morgan fingerprint density at radius 2 is 2.08 bits per heavy atom. The summed E-state index contributed by atoms with van der Waals surface area (Å²) < 4.78 is 2.41. The van der Waals surface area contributed by atoms with E-state index in [9.17, 15) is 0 Å². The van der Waals surface area contributed by atoms with Crippen molar-refractivity contribution in [1.29, 1.82) is 0 Å². The second-order valence-electron chi connectivity index (χ2n) is 7.50. The Labute approximate surface area is 148 Å². The molecule has 0 saturated carbocycles. The zero-order valence-electron chi connectivity index (χ0n) is 14.8. The van der Waals surface area contributed by atoms with E-state index >= 15 is 0 Å². The molecule has 2 bridgehead atoms. The van der Waals surface area contributed by atoms with Crippen molar-refractivity contribution in [3.63, 3.8) is 0 Å². The first-order valence-corrected chi connectivity index (χ1v) is 9.19. The molecule has 2 aromatic heterocycles. The molecule has 2 aliphatic heterocycles. The van der Waals surface area contributed by atoms with Gasteiger partial charge in [0.1, 0.15) is 0 Å². The summed E-state index contributed by atoms with van der Waals surface area (Å²) in [6.07, 6.45) is 10.0. The fourth-order valence-corrected chi connectivity index (χ4v) is 4.45. The zero-order chi connectivity index (χ0) is 17.0. The molecule has 5 rings (SSSR count). The fraction of sp³-hybridized carbons (Fsp3) is 0.318. The van der Waals surface area contributed by atoms with Crippen LogP contribution in [0.2, 0.25) is 0 Å². The molecule has 2 aliphatic rings. The summed E-state index contributed by atoms with van der Waals surface area (Å²) >= 11 is 0. The van der Waals surface area contributed by atoms with Gasteiger partial charge in [0.05, 0.1) is 5.52 Å². The number of hydrogen-bond acceptors (Lipinski definition) is 2. The van der Waals surface area contributed by atoms with E-state index in [2.05, 4.69) is 64.4 Å². The molecule has 1 aromatic carbocycles. The van der Waals surface area contributed by atoms with Gasteiger partial charge < -0.3 is 9.88 Å². The topological polar surface area (TPSA) is 29.9 Å². The fourth-order valence-electron chi connectivity index (χ4n) is 4.45. The number of rotatable bonds is 2. The van der Waals surface area contributed by atoms with Crippen LogP contribution in [-0.2, 0) is 6.42 Å². The van der Waals surface area contributed by atoms with Crippen molar-refractivity contribution in [2.75, 3.05) is 0 Å². The van der Waals surface area contributed by atoms with Crippen LogP contribution in [-0.4, -0.2) is 15.6 Å². The van der Waals surface area contributed by atoms with Gasteiger partial charge in [-0.2, -0.15) is 0 Å². The number of nitrogens with one attached hydrogen (secondary N) is 1. The monoisotopic (exact) mass is 329 g/mol. The SMILES string of the molecule is Cc1ccc2c(c1)c1c(n2C=Cc2ccc(C)nc2)C[C@@H]2CC[C@H]1N2. The summed E-state index contributed by atoms with van der Waals surface area (Å²) in [7, 11) is 0. The van der Waals surface area contributed by atoms with Crippen LogP contribution >= 0.6 is 0 Å². The van der Waals surface area contributed by atoms with Gasteiger partial charge in [0.2, 0.25) is 0 Å². The third kappa shape index (κ3) is 2.42. The number of aryl methyl sites for hydroxylation is 2. The number of benzene rings is 1. The largest absolute Gasteiger partial charge is 0.320 e. The van der Waals surface area contributed by atoms with Gasteiger partial charge >= 0.3 is 0 Å². The maximum Gasteiger partial charge on any atom is 0.0529 e. The first-order chi connectivity index (χ1) is 12.2. The molecular weight excluding hydrogens is 306 g/mol. The van der Waals surface area contributed by atoms with Crippen LogP contribution in [0.3, 0.4) is 0 Å². The predicted octanol–water partition coefficient (Wildman–Crippen LogP) is 4.63. The standard InChI is InChI=1S/C22H23N3/c1-14-3-8-20-18(11-14)22-19-7-6-17(24-19)12-21(22)25(20)10-9-16-5-4-15(2)23-13-16/h3-5,8-11,13,17,19,24H,6-7,12H2,1-2H3/t17-,19+/m0/s1. The first-order valence-electron chi connectivity index (χ1n) is 9.19. The number of nitrogens with zero attached hydrogens (tertiary/aromatic N) is 2. The Morgan fingerprint density at radius 1 is 1.16 bits per heavy atom. The van der Waals surface area contributed by atoms with Crippen molar-refractivity contribution in [3.05, 3.63) is 64.6 Å². The minimum absolute atomic E-state index is 0.522. The molecule has 0 unspecified atom stereocenters. The van der Waals surface area contributed by atoms with Crippen molar-refractivity contribution in [2.45, 2.75) is 45.2 Å². The molecule has 3 aromatic rings. The summed E-state index contributed by atoms with van der Waals surface area (Å²) in [6.45, 7) is 4.21. The van der Waals surface area contributed by atoms with Gasteiger partial charge in [-0.3, -0.25) is 4.98 Å². The van der Waals surface area contributed by atoms with Gasteiger partial charge in [-0.15, -0.1) is 0 Å². The first kappa shape index (κ1) is 14.9. The van der Waals surface area contributed by atoms with E-state index in [-0.39, 0.29) is 0 Å². The van der Waals surface area contributed by atoms with Gasteiger partial charge in [0, 0.05) is 47.7 Å². The average molecular weight is 329 g/mol. The average Bonchev–Trinajstić information content (AvgIpc) is 3.13. The third-order valence-electron chi connectivity index (χ3n) is 5.68. The lowest BCUT2D eigenvalue weighted by Crippen LogP contribution is -2.32. The van der Waals surface area contributed by atoms with Crippen LogP contribution < -0.4 is 5.32 Å². The molecule has 0 radical (unpaired) electrons. The molecule has 1 N–H and O–H groups in total. The van der Waals surface area contributed by atoms with E-state index in [0.717, 1.165) is 17.7 Å². The Bertz CT molecular complexity index is 979. The highest BCUT2D eigenvalue weighted by atomic mass is 15.1. The minimum Gasteiger partial charge on any atom is -0.320 e. The summed E-state index contributed by atoms with van der Waals surface area (Å²) in [5, 5.41) is 5.22. The molecule has 1 fully saturated rings. The Kier molecular flexibility index (Phi) is 3.32. The summed E-state index contributed by atoms with van der Waals surface area (Å²) in [4.78, 5) is 4.40. The third-order valence-corrected chi connectivity index (χ3v) is 5.68. The highest BCUT2D eigenvalue weighted by Gasteiger charge is 2.35. The molecule has 0 amide bonds. The molecule has 2 atom stereocenters. The molecule has 4 heterocycles. The quantitative estimate of drug-likeness (QED) is 0.743. The van der Waals surface area contributed by atoms with E-state index in [1.165, 1.54) is 40.6 Å².